The minimum absolute atomic E-state index is 0.0181. The summed E-state index contributed by atoms with van der Waals surface area (Å²) in [5, 5.41) is 78.6. The number of hydrogen-bond acceptors (Lipinski definition) is 12. The molecule has 0 saturated carbocycles. The van der Waals surface area contributed by atoms with Crippen LogP contribution in [0, 0.1) is 11.8 Å². The van der Waals surface area contributed by atoms with Crippen LogP contribution in [-0.4, -0.2) is 138 Å². The smallest absolute Gasteiger partial charge is 0.335 e. The van der Waals surface area contributed by atoms with Gasteiger partial charge in [-0.2, -0.15) is 0 Å². The van der Waals surface area contributed by atoms with Crippen molar-refractivity contribution in [3.63, 3.8) is 0 Å². The highest BCUT2D eigenvalue weighted by Crippen LogP contribution is 2.67. The Kier molecular flexibility index (Phi) is 7.23. The largest absolute Gasteiger partial charge is 0.504 e. The lowest BCUT2D eigenvalue weighted by molar-refractivity contribution is -0.165. The highest BCUT2D eigenvalue weighted by molar-refractivity contribution is 5.86. The number of likely N-dealkylation sites (N-methyl/N-ethyl adjacent to an activating group) is 2. The van der Waals surface area contributed by atoms with Crippen molar-refractivity contribution in [2.24, 2.45) is 11.8 Å². The van der Waals surface area contributed by atoms with Gasteiger partial charge < -0.3 is 60.1 Å². The number of nitrogens with zero attached hydrogens (tertiary/aromatic N) is 2. The standard InChI is InChI=1S/C34H36N2O6.C4H6O6/c1-35-9-7-33-19-3-5-23(37)31(33)41-29-25(33)15(13-21(19)35)11-17(27(29)39)18-12-16-14-22-20-4-6-24(38)32-34(20,8-10-36(22)2)26(16)30(42-32)28(18)40;5-1(3(7)8)2(6)4(9)10/h3-6,11-12,19-24,31-32,37-40H,7-10,13-14H2,1-2H3;1-2,5-6H,(H,7,8)(H,9,10). The first-order valence-corrected chi connectivity index (χ1v) is 17.8. The molecule has 12 atom stereocenters. The summed E-state index contributed by atoms with van der Waals surface area (Å²) >= 11 is 0. The zero-order chi connectivity index (χ0) is 36.8. The summed E-state index contributed by atoms with van der Waals surface area (Å²) in [6.45, 7) is 1.82. The minimum Gasteiger partial charge on any atom is -0.504 e. The van der Waals surface area contributed by atoms with E-state index < -0.39 is 48.6 Å². The van der Waals surface area contributed by atoms with Crippen LogP contribution in [0.1, 0.15) is 35.1 Å². The second-order valence-corrected chi connectivity index (χ2v) is 15.8. The maximum Gasteiger partial charge on any atom is 0.335 e. The van der Waals surface area contributed by atoms with Crippen molar-refractivity contribution in [3.05, 3.63) is 58.7 Å². The Balaban J connectivity index is 0.000000319. The number of aliphatic hydroxyl groups excluding tert-OH is 4. The van der Waals surface area contributed by atoms with E-state index in [0.29, 0.717) is 22.6 Å². The number of piperidine rings is 2. The molecule has 14 nitrogen and oxygen atoms in total. The zero-order valence-electron chi connectivity index (χ0n) is 28.6. The van der Waals surface area contributed by atoms with E-state index in [-0.39, 0.29) is 46.2 Å². The van der Waals surface area contributed by atoms with Crippen molar-refractivity contribution in [1.29, 1.82) is 0 Å². The lowest BCUT2D eigenvalue weighted by atomic mass is 9.53. The molecule has 2 saturated heterocycles. The Labute approximate surface area is 298 Å². The van der Waals surface area contributed by atoms with Gasteiger partial charge in [0.2, 0.25) is 0 Å². The number of likely N-dealkylation sites (tertiary alicyclic amines) is 2. The quantitative estimate of drug-likeness (QED) is 0.199. The van der Waals surface area contributed by atoms with Crippen molar-refractivity contribution in [2.45, 2.75) is 85.2 Å². The molecule has 2 aromatic carbocycles. The average Bonchev–Trinajstić information content (AvgIpc) is 3.66. The van der Waals surface area contributed by atoms with Gasteiger partial charge in [-0.15, -0.1) is 0 Å². The summed E-state index contributed by atoms with van der Waals surface area (Å²) in [7, 11) is 4.35. The van der Waals surface area contributed by atoms with Crippen molar-refractivity contribution in [3.8, 4) is 34.1 Å². The molecule has 4 aliphatic heterocycles. The Bertz CT molecular complexity index is 1840. The molecular formula is C38H42N2O12. The summed E-state index contributed by atoms with van der Waals surface area (Å²) in [4.78, 5) is 24.4. The Hall–Kier alpha value is -4.18. The van der Waals surface area contributed by atoms with Crippen LogP contribution in [0.2, 0.25) is 0 Å². The van der Waals surface area contributed by atoms with Crippen LogP contribution in [0.15, 0.2) is 36.4 Å². The van der Waals surface area contributed by atoms with E-state index in [4.69, 9.17) is 29.9 Å². The van der Waals surface area contributed by atoms with E-state index in [1.54, 1.807) is 0 Å². The van der Waals surface area contributed by atoms with Crippen LogP contribution in [0.25, 0.3) is 11.1 Å². The second kappa shape index (κ2) is 11.2. The molecule has 4 heterocycles. The molecule has 0 aromatic heterocycles. The van der Waals surface area contributed by atoms with E-state index >= 15 is 0 Å². The number of aromatic hydroxyl groups is 2. The third-order valence-electron chi connectivity index (χ3n) is 13.6. The minimum atomic E-state index is -2.27. The van der Waals surface area contributed by atoms with Gasteiger partial charge in [0.1, 0.15) is 24.4 Å². The molecule has 52 heavy (non-hydrogen) atoms. The Morgan fingerprint density at radius 2 is 1.10 bits per heavy atom. The van der Waals surface area contributed by atoms with Gasteiger partial charge >= 0.3 is 11.9 Å². The molecule has 2 fully saturated rings. The number of rotatable bonds is 4. The molecule has 8 N–H and O–H groups in total. The number of benzene rings is 2. The Morgan fingerprint density at radius 1 is 0.712 bits per heavy atom. The number of aliphatic hydroxyl groups is 4. The lowest BCUT2D eigenvalue weighted by Crippen LogP contribution is -2.64. The number of ether oxygens (including phenoxy) is 2. The maximum atomic E-state index is 11.9. The normalized spacial score (nSPS) is 37.8. The third kappa shape index (κ3) is 4.10. The molecular weight excluding hydrogens is 676 g/mol. The predicted molar refractivity (Wildman–Crippen MR) is 181 cm³/mol. The fourth-order valence-corrected chi connectivity index (χ4v) is 11.3. The lowest BCUT2D eigenvalue weighted by Gasteiger charge is -2.56. The number of carboxylic acid groups (broad SMARTS) is 2. The van der Waals surface area contributed by atoms with E-state index in [1.807, 2.05) is 12.2 Å². The molecule has 10 rings (SSSR count). The third-order valence-corrected chi connectivity index (χ3v) is 13.6. The number of carbonyl (C=O) groups is 2. The van der Waals surface area contributed by atoms with Crippen LogP contribution in [0.3, 0.4) is 0 Å². The first kappa shape index (κ1) is 33.6. The summed E-state index contributed by atoms with van der Waals surface area (Å²) < 4.78 is 13.1. The number of carboxylic acids is 2. The predicted octanol–water partition coefficient (Wildman–Crippen LogP) is 0.254. The molecule has 4 aliphatic carbocycles. The van der Waals surface area contributed by atoms with Crippen molar-refractivity contribution < 1.29 is 59.9 Å². The van der Waals surface area contributed by atoms with E-state index in [1.165, 1.54) is 0 Å². The molecule has 14 heteroatoms. The SMILES string of the molecule is CN1CCC23c4c5cc(-c6cc7c8c(c6O)OC6C(O)C=CC9C(C7)N(C)CCC896)c(O)c4OC2C(O)C=CC3C1C5.O=C(O)C(O)C(O)C(=O)O. The average molecular weight is 719 g/mol. The van der Waals surface area contributed by atoms with Crippen LogP contribution >= 0.6 is 0 Å². The molecule has 4 bridgehead atoms. The van der Waals surface area contributed by atoms with E-state index in [2.05, 4.69) is 48.2 Å². The highest BCUT2D eigenvalue weighted by atomic mass is 16.5. The van der Waals surface area contributed by atoms with Crippen LogP contribution in [-0.2, 0) is 33.3 Å². The van der Waals surface area contributed by atoms with Gasteiger partial charge in [-0.25, -0.2) is 9.59 Å². The van der Waals surface area contributed by atoms with Gasteiger partial charge in [-0.05, 0) is 76.1 Å². The fraction of sp³-hybridized carbons (Fsp3) is 0.526. The van der Waals surface area contributed by atoms with Gasteiger partial charge in [0.15, 0.2) is 35.2 Å². The molecule has 0 radical (unpaired) electrons. The molecule has 12 unspecified atom stereocenters. The molecule has 0 amide bonds. The summed E-state index contributed by atoms with van der Waals surface area (Å²) in [5.41, 5.74) is 4.66. The molecule has 8 aliphatic rings. The van der Waals surface area contributed by atoms with Gasteiger partial charge in [0, 0.05) is 57.0 Å². The molecule has 276 valence electrons. The first-order chi connectivity index (χ1) is 24.7. The van der Waals surface area contributed by atoms with E-state index in [0.717, 1.165) is 61.0 Å². The maximum absolute atomic E-state index is 11.9. The van der Waals surface area contributed by atoms with Crippen LogP contribution in [0.5, 0.6) is 23.0 Å². The monoisotopic (exact) mass is 718 g/mol. The van der Waals surface area contributed by atoms with Crippen molar-refractivity contribution >= 4 is 11.9 Å². The highest BCUT2D eigenvalue weighted by Gasteiger charge is 2.66. The van der Waals surface area contributed by atoms with Crippen LogP contribution < -0.4 is 9.47 Å². The molecule has 2 aromatic rings. The summed E-state index contributed by atoms with van der Waals surface area (Å²) in [6, 6.07) is 4.65. The zero-order valence-corrected chi connectivity index (χ0v) is 28.6. The van der Waals surface area contributed by atoms with Gasteiger partial charge in [0.25, 0.3) is 0 Å². The second-order valence-electron chi connectivity index (χ2n) is 15.8. The number of phenols is 2. The van der Waals surface area contributed by atoms with Gasteiger partial charge in [0.05, 0.1) is 0 Å². The van der Waals surface area contributed by atoms with Crippen molar-refractivity contribution in [2.75, 3.05) is 27.2 Å². The fourth-order valence-electron chi connectivity index (χ4n) is 11.3. The van der Waals surface area contributed by atoms with E-state index in [9.17, 15) is 30.0 Å². The summed E-state index contributed by atoms with van der Waals surface area (Å²) in [6.07, 6.45) is 4.49. The van der Waals surface area contributed by atoms with Gasteiger partial charge in [-0.1, -0.05) is 24.3 Å². The topological polar surface area (TPSA) is 221 Å². The van der Waals surface area contributed by atoms with Crippen LogP contribution in [0.4, 0.5) is 0 Å². The number of phenolic OH excluding ortho intramolecular Hbond substituents is 2. The first-order valence-electron chi connectivity index (χ1n) is 17.8. The van der Waals surface area contributed by atoms with Crippen molar-refractivity contribution in [1.82, 2.24) is 9.80 Å². The Morgan fingerprint density at radius 3 is 1.46 bits per heavy atom. The molecule has 2 spiro atoms. The number of hydrogen-bond donors (Lipinski definition) is 8. The van der Waals surface area contributed by atoms with Gasteiger partial charge in [-0.3, -0.25) is 0 Å². The summed E-state index contributed by atoms with van der Waals surface area (Å²) in [5.74, 6) is -2.16. The number of aliphatic carboxylic acids is 2.